The van der Waals surface area contributed by atoms with Crippen molar-refractivity contribution in [2.45, 2.75) is 32.7 Å². The van der Waals surface area contributed by atoms with E-state index < -0.39 is 17.4 Å². The summed E-state index contributed by atoms with van der Waals surface area (Å²) in [5.41, 5.74) is 4.66. The van der Waals surface area contributed by atoms with Crippen LogP contribution in [0.25, 0.3) is 0 Å². The molecule has 0 heterocycles. The first-order chi connectivity index (χ1) is 7.87. The van der Waals surface area contributed by atoms with E-state index in [0.717, 1.165) is 0 Å². The monoisotopic (exact) mass is 246 g/mol. The lowest BCUT2D eigenvalue weighted by Gasteiger charge is -2.24. The summed E-state index contributed by atoms with van der Waals surface area (Å²) in [4.78, 5) is 22.6. The van der Waals surface area contributed by atoms with E-state index in [2.05, 4.69) is 5.32 Å². The van der Waals surface area contributed by atoms with Gasteiger partial charge >= 0.3 is 5.97 Å². The molecule has 0 spiro atoms. The van der Waals surface area contributed by atoms with E-state index in [-0.39, 0.29) is 12.5 Å². The molecule has 0 saturated heterocycles. The van der Waals surface area contributed by atoms with Gasteiger partial charge < -0.3 is 20.9 Å². The molecule has 17 heavy (non-hydrogen) atoms. The minimum atomic E-state index is -0.948. The minimum absolute atomic E-state index is 0.0817. The molecule has 1 amide bonds. The lowest BCUT2D eigenvalue weighted by atomic mass is 9.87. The van der Waals surface area contributed by atoms with E-state index in [1.165, 1.54) is 7.11 Å². The molecule has 6 nitrogen and oxygen atoms in total. The van der Waals surface area contributed by atoms with Gasteiger partial charge in [-0.3, -0.25) is 9.59 Å². The fraction of sp³-hybridized carbons (Fsp3) is 0.818. The van der Waals surface area contributed by atoms with Crippen LogP contribution >= 0.6 is 0 Å². The summed E-state index contributed by atoms with van der Waals surface area (Å²) in [5, 5.41) is 11.6. The van der Waals surface area contributed by atoms with Gasteiger partial charge in [0.15, 0.2) is 0 Å². The lowest BCUT2D eigenvalue weighted by Crippen LogP contribution is -2.47. The van der Waals surface area contributed by atoms with E-state index >= 15 is 0 Å². The Morgan fingerprint density at radius 1 is 1.53 bits per heavy atom. The van der Waals surface area contributed by atoms with Crippen molar-refractivity contribution in [3.8, 4) is 0 Å². The maximum absolute atomic E-state index is 11.5. The molecular formula is C11H22N2O4. The average molecular weight is 246 g/mol. The summed E-state index contributed by atoms with van der Waals surface area (Å²) in [7, 11) is 1.53. The number of carboxylic acid groups (broad SMARTS) is 1. The summed E-state index contributed by atoms with van der Waals surface area (Å²) < 4.78 is 4.81. The van der Waals surface area contributed by atoms with Crippen LogP contribution in [0.2, 0.25) is 0 Å². The molecule has 0 aliphatic heterocycles. The van der Waals surface area contributed by atoms with Crippen LogP contribution in [0.1, 0.15) is 26.7 Å². The Hall–Kier alpha value is -1.14. The average Bonchev–Trinajstić information content (AvgIpc) is 2.31. The Labute approximate surface area is 102 Å². The van der Waals surface area contributed by atoms with Crippen molar-refractivity contribution >= 4 is 11.9 Å². The molecule has 0 radical (unpaired) electrons. The Bertz CT molecular complexity index is 270. The smallest absolute Gasteiger partial charge is 0.311 e. The second kappa shape index (κ2) is 7.24. The molecule has 2 atom stereocenters. The summed E-state index contributed by atoms with van der Waals surface area (Å²) in [6.07, 6.45) is 0.855. The molecule has 0 bridgehead atoms. The van der Waals surface area contributed by atoms with Crippen LogP contribution in [-0.4, -0.2) is 43.3 Å². The molecule has 0 aliphatic carbocycles. The zero-order chi connectivity index (χ0) is 13.5. The van der Waals surface area contributed by atoms with Crippen molar-refractivity contribution in [2.75, 3.05) is 20.3 Å². The number of nitrogens with one attached hydrogen (secondary N) is 1. The SMILES string of the molecule is CCC(C)(CNC(=O)C(N)CCOC)C(=O)O. The quantitative estimate of drug-likeness (QED) is 0.558. The molecule has 0 aromatic rings. The summed E-state index contributed by atoms with van der Waals surface area (Å²) in [6.45, 7) is 3.85. The third kappa shape index (κ3) is 5.14. The lowest BCUT2D eigenvalue weighted by molar-refractivity contribution is -0.148. The molecule has 2 unspecified atom stereocenters. The Kier molecular flexibility index (Phi) is 6.75. The Morgan fingerprint density at radius 2 is 2.12 bits per heavy atom. The first-order valence-electron chi connectivity index (χ1n) is 5.63. The normalized spacial score (nSPS) is 16.0. The standard InChI is InChI=1S/C11H22N2O4/c1-4-11(2,10(15)16)7-13-9(14)8(12)5-6-17-3/h8H,4-7,12H2,1-3H3,(H,13,14)(H,15,16). The number of ether oxygens (including phenoxy) is 1. The number of nitrogens with two attached hydrogens (primary N) is 1. The van der Waals surface area contributed by atoms with Crippen LogP contribution in [0.5, 0.6) is 0 Å². The van der Waals surface area contributed by atoms with Gasteiger partial charge in [0.1, 0.15) is 0 Å². The molecule has 100 valence electrons. The first-order valence-corrected chi connectivity index (χ1v) is 5.63. The maximum Gasteiger partial charge on any atom is 0.311 e. The van der Waals surface area contributed by atoms with Gasteiger partial charge in [-0.25, -0.2) is 0 Å². The fourth-order valence-corrected chi connectivity index (χ4v) is 1.14. The van der Waals surface area contributed by atoms with Crippen LogP contribution in [0.4, 0.5) is 0 Å². The fourth-order valence-electron chi connectivity index (χ4n) is 1.14. The summed E-state index contributed by atoms with van der Waals surface area (Å²) in [5.74, 6) is -1.27. The number of carbonyl (C=O) groups excluding carboxylic acids is 1. The Balaban J connectivity index is 4.18. The van der Waals surface area contributed by atoms with E-state index in [1.54, 1.807) is 13.8 Å². The largest absolute Gasteiger partial charge is 0.481 e. The van der Waals surface area contributed by atoms with Crippen LogP contribution in [0.3, 0.4) is 0 Å². The van der Waals surface area contributed by atoms with Gasteiger partial charge in [0.05, 0.1) is 11.5 Å². The predicted octanol–water partition coefficient (Wildman–Crippen LogP) is -0.0327. The van der Waals surface area contributed by atoms with Crippen molar-refractivity contribution in [1.29, 1.82) is 0 Å². The van der Waals surface area contributed by atoms with Gasteiger partial charge in [-0.1, -0.05) is 6.92 Å². The number of rotatable bonds is 8. The third-order valence-electron chi connectivity index (χ3n) is 2.92. The number of amides is 1. The highest BCUT2D eigenvalue weighted by molar-refractivity contribution is 5.82. The topological polar surface area (TPSA) is 102 Å². The molecule has 0 aliphatic rings. The molecule has 6 heteroatoms. The molecule has 0 fully saturated rings. The zero-order valence-corrected chi connectivity index (χ0v) is 10.7. The second-order valence-electron chi connectivity index (χ2n) is 4.33. The first kappa shape index (κ1) is 15.9. The molecule has 0 rings (SSSR count). The minimum Gasteiger partial charge on any atom is -0.481 e. The third-order valence-corrected chi connectivity index (χ3v) is 2.92. The van der Waals surface area contributed by atoms with Gasteiger partial charge in [-0.15, -0.1) is 0 Å². The molecular weight excluding hydrogens is 224 g/mol. The zero-order valence-electron chi connectivity index (χ0n) is 10.7. The highest BCUT2D eigenvalue weighted by atomic mass is 16.5. The maximum atomic E-state index is 11.5. The highest BCUT2D eigenvalue weighted by Gasteiger charge is 2.31. The molecule has 0 aromatic heterocycles. The van der Waals surface area contributed by atoms with Gasteiger partial charge in [-0.2, -0.15) is 0 Å². The van der Waals surface area contributed by atoms with E-state index in [1.807, 2.05) is 0 Å². The Morgan fingerprint density at radius 3 is 2.53 bits per heavy atom. The number of hydrogen-bond acceptors (Lipinski definition) is 4. The van der Waals surface area contributed by atoms with E-state index in [0.29, 0.717) is 19.4 Å². The van der Waals surface area contributed by atoms with E-state index in [9.17, 15) is 9.59 Å². The second-order valence-corrected chi connectivity index (χ2v) is 4.33. The number of methoxy groups -OCH3 is 1. The number of hydrogen-bond donors (Lipinski definition) is 3. The number of carboxylic acids is 1. The van der Waals surface area contributed by atoms with Gasteiger partial charge in [0.2, 0.25) is 5.91 Å². The van der Waals surface area contributed by atoms with Crippen molar-refractivity contribution in [3.63, 3.8) is 0 Å². The van der Waals surface area contributed by atoms with Crippen LogP contribution in [0.15, 0.2) is 0 Å². The molecule has 0 saturated carbocycles. The van der Waals surface area contributed by atoms with E-state index in [4.69, 9.17) is 15.6 Å². The molecule has 4 N–H and O–H groups in total. The van der Waals surface area contributed by atoms with Crippen molar-refractivity contribution in [3.05, 3.63) is 0 Å². The van der Waals surface area contributed by atoms with Crippen molar-refractivity contribution in [1.82, 2.24) is 5.32 Å². The predicted molar refractivity (Wildman–Crippen MR) is 63.5 cm³/mol. The summed E-state index contributed by atoms with van der Waals surface area (Å²) in [6, 6.07) is -0.662. The van der Waals surface area contributed by atoms with Crippen LogP contribution in [-0.2, 0) is 14.3 Å². The van der Waals surface area contributed by atoms with Gasteiger partial charge in [-0.05, 0) is 19.8 Å². The van der Waals surface area contributed by atoms with Gasteiger partial charge in [0, 0.05) is 20.3 Å². The summed E-state index contributed by atoms with van der Waals surface area (Å²) >= 11 is 0. The van der Waals surface area contributed by atoms with Crippen molar-refractivity contribution in [2.24, 2.45) is 11.1 Å². The van der Waals surface area contributed by atoms with Crippen LogP contribution in [0, 0.1) is 5.41 Å². The highest BCUT2D eigenvalue weighted by Crippen LogP contribution is 2.19. The van der Waals surface area contributed by atoms with Crippen molar-refractivity contribution < 1.29 is 19.4 Å². The van der Waals surface area contributed by atoms with Gasteiger partial charge in [0.25, 0.3) is 0 Å². The molecule has 0 aromatic carbocycles. The number of carbonyl (C=O) groups is 2. The van der Waals surface area contributed by atoms with Crippen LogP contribution < -0.4 is 11.1 Å². The number of aliphatic carboxylic acids is 1.